The minimum Gasteiger partial charge on any atom is -0.438 e. The maximum absolute atomic E-state index is 10.9. The van der Waals surface area contributed by atoms with Crippen molar-refractivity contribution in [3.63, 3.8) is 0 Å². The summed E-state index contributed by atoms with van der Waals surface area (Å²) in [6, 6.07) is 0. The highest BCUT2D eigenvalue weighted by Crippen LogP contribution is 2.14. The molecule has 0 aromatic rings. The highest BCUT2D eigenvalue weighted by molar-refractivity contribution is 5.75. The Balaban J connectivity index is 0. The van der Waals surface area contributed by atoms with Gasteiger partial charge in [0.15, 0.2) is 6.79 Å². The summed E-state index contributed by atoms with van der Waals surface area (Å²) >= 11 is 0. The van der Waals surface area contributed by atoms with Crippen molar-refractivity contribution in [2.45, 2.75) is 28.2 Å². The first-order valence-electron chi connectivity index (χ1n) is 3.14. The largest absolute Gasteiger partial charge is 0.438 e. The van der Waals surface area contributed by atoms with E-state index in [2.05, 4.69) is 4.74 Å². The lowest BCUT2D eigenvalue weighted by molar-refractivity contribution is -0.163. The van der Waals surface area contributed by atoms with Crippen molar-refractivity contribution in [3.8, 4) is 0 Å². The van der Waals surface area contributed by atoms with E-state index in [1.165, 1.54) is 7.11 Å². The number of carbonyl (C=O) groups is 1. The Hall–Kier alpha value is -0.570. The minimum atomic E-state index is -0.432. The Bertz CT molecular complexity index is 113. The Kier molecular flexibility index (Phi) is 6.09. The van der Waals surface area contributed by atoms with Gasteiger partial charge in [0.25, 0.3) is 0 Å². The van der Waals surface area contributed by atoms with E-state index in [-0.39, 0.29) is 20.2 Å². The molecular weight excluding hydrogens is 144 g/mol. The van der Waals surface area contributed by atoms with Crippen LogP contribution in [0.5, 0.6) is 0 Å². The van der Waals surface area contributed by atoms with Crippen LogP contribution in [0, 0.1) is 5.41 Å². The number of hydrogen-bond donors (Lipinski definition) is 0. The Morgan fingerprint density at radius 1 is 1.36 bits per heavy atom. The molecule has 0 heterocycles. The van der Waals surface area contributed by atoms with E-state index in [1.807, 2.05) is 0 Å². The van der Waals surface area contributed by atoms with Crippen molar-refractivity contribution in [2.24, 2.45) is 5.41 Å². The second kappa shape index (κ2) is 5.13. The number of rotatable bonds is 2. The molecular formula is C8H18O3. The third-order valence-electron chi connectivity index (χ3n) is 0.920. The molecule has 11 heavy (non-hydrogen) atoms. The summed E-state index contributed by atoms with van der Waals surface area (Å²) in [4.78, 5) is 10.9. The van der Waals surface area contributed by atoms with Gasteiger partial charge in [-0.05, 0) is 20.8 Å². The second-order valence-corrected chi connectivity index (χ2v) is 3.09. The molecule has 0 aromatic carbocycles. The van der Waals surface area contributed by atoms with Gasteiger partial charge in [0, 0.05) is 7.11 Å². The lowest BCUT2D eigenvalue weighted by Gasteiger charge is -2.15. The fourth-order valence-electron chi connectivity index (χ4n) is 0.329. The van der Waals surface area contributed by atoms with Crippen molar-refractivity contribution in [1.29, 1.82) is 0 Å². The van der Waals surface area contributed by atoms with Gasteiger partial charge in [-0.15, -0.1) is 0 Å². The van der Waals surface area contributed by atoms with Crippen LogP contribution in [0.3, 0.4) is 0 Å². The average molecular weight is 162 g/mol. The fourth-order valence-corrected chi connectivity index (χ4v) is 0.329. The topological polar surface area (TPSA) is 35.5 Å². The van der Waals surface area contributed by atoms with E-state index in [0.717, 1.165) is 0 Å². The highest BCUT2D eigenvalue weighted by atomic mass is 16.7. The van der Waals surface area contributed by atoms with Gasteiger partial charge in [0.05, 0.1) is 5.41 Å². The summed E-state index contributed by atoms with van der Waals surface area (Å²) < 4.78 is 9.26. The van der Waals surface area contributed by atoms with Crippen LogP contribution in [0.25, 0.3) is 0 Å². The summed E-state index contributed by atoms with van der Waals surface area (Å²) in [6.07, 6.45) is 0. The second-order valence-electron chi connectivity index (χ2n) is 3.09. The molecule has 0 rings (SSSR count). The maximum atomic E-state index is 10.9. The molecule has 0 aliphatic rings. The molecule has 0 aliphatic carbocycles. The van der Waals surface area contributed by atoms with Gasteiger partial charge in [0.2, 0.25) is 0 Å². The molecule has 0 aromatic heterocycles. The highest BCUT2D eigenvalue weighted by Gasteiger charge is 2.22. The molecule has 0 radical (unpaired) electrons. The number of hydrogen-bond acceptors (Lipinski definition) is 3. The third kappa shape index (κ3) is 5.85. The summed E-state index contributed by atoms with van der Waals surface area (Å²) in [6.45, 7) is 5.43. The van der Waals surface area contributed by atoms with E-state index in [4.69, 9.17) is 4.74 Å². The van der Waals surface area contributed by atoms with Gasteiger partial charge in [-0.2, -0.15) is 0 Å². The summed E-state index contributed by atoms with van der Waals surface area (Å²) in [7, 11) is 1.48. The number of carbonyl (C=O) groups excluding carboxylic acids is 1. The SMILES string of the molecule is C.COCOC(=O)C(C)(C)C. The van der Waals surface area contributed by atoms with Crippen molar-refractivity contribution < 1.29 is 14.3 Å². The summed E-state index contributed by atoms with van der Waals surface area (Å²) in [5, 5.41) is 0. The molecule has 0 aliphatic heterocycles. The van der Waals surface area contributed by atoms with Gasteiger partial charge in [-0.25, -0.2) is 0 Å². The van der Waals surface area contributed by atoms with Crippen LogP contribution in [0.15, 0.2) is 0 Å². The Morgan fingerprint density at radius 3 is 2.09 bits per heavy atom. The molecule has 0 amide bonds. The zero-order valence-corrected chi connectivity index (χ0v) is 6.93. The average Bonchev–Trinajstić information content (AvgIpc) is 1.80. The minimum absolute atomic E-state index is 0. The van der Waals surface area contributed by atoms with Gasteiger partial charge in [-0.3, -0.25) is 4.79 Å². The van der Waals surface area contributed by atoms with Gasteiger partial charge < -0.3 is 9.47 Å². The zero-order valence-electron chi connectivity index (χ0n) is 6.93. The van der Waals surface area contributed by atoms with E-state index >= 15 is 0 Å². The fraction of sp³-hybridized carbons (Fsp3) is 0.875. The van der Waals surface area contributed by atoms with Crippen molar-refractivity contribution in [3.05, 3.63) is 0 Å². The predicted molar refractivity (Wildman–Crippen MR) is 44.2 cm³/mol. The van der Waals surface area contributed by atoms with Crippen LogP contribution in [0.4, 0.5) is 0 Å². The summed E-state index contributed by atoms with van der Waals surface area (Å²) in [5.41, 5.74) is -0.432. The smallest absolute Gasteiger partial charge is 0.313 e. The molecule has 0 spiro atoms. The lowest BCUT2D eigenvalue weighted by atomic mass is 9.98. The van der Waals surface area contributed by atoms with E-state index in [0.29, 0.717) is 0 Å². The van der Waals surface area contributed by atoms with Gasteiger partial charge in [0.1, 0.15) is 0 Å². The molecule has 3 nitrogen and oxygen atoms in total. The van der Waals surface area contributed by atoms with Crippen molar-refractivity contribution in [2.75, 3.05) is 13.9 Å². The lowest BCUT2D eigenvalue weighted by Crippen LogP contribution is -2.23. The molecule has 0 saturated carbocycles. The Labute approximate surface area is 68.7 Å². The van der Waals surface area contributed by atoms with E-state index < -0.39 is 5.41 Å². The van der Waals surface area contributed by atoms with Gasteiger partial charge >= 0.3 is 5.97 Å². The molecule has 0 unspecified atom stereocenters. The van der Waals surface area contributed by atoms with E-state index in [9.17, 15) is 4.79 Å². The van der Waals surface area contributed by atoms with Crippen LogP contribution < -0.4 is 0 Å². The summed E-state index contributed by atoms with van der Waals surface area (Å²) in [5.74, 6) is -0.241. The first-order valence-corrected chi connectivity index (χ1v) is 3.14. The maximum Gasteiger partial charge on any atom is 0.313 e. The van der Waals surface area contributed by atoms with Crippen LogP contribution >= 0.6 is 0 Å². The van der Waals surface area contributed by atoms with Gasteiger partial charge in [-0.1, -0.05) is 7.43 Å². The molecule has 3 heteroatoms. The normalized spacial score (nSPS) is 10.2. The zero-order chi connectivity index (χ0) is 8.20. The quantitative estimate of drug-likeness (QED) is 0.459. The predicted octanol–water partition coefficient (Wildman–Crippen LogP) is 1.82. The number of ether oxygens (including phenoxy) is 2. The van der Waals surface area contributed by atoms with Crippen molar-refractivity contribution >= 4 is 5.97 Å². The molecule has 68 valence electrons. The molecule has 0 atom stereocenters. The van der Waals surface area contributed by atoms with E-state index in [1.54, 1.807) is 20.8 Å². The first kappa shape index (κ1) is 13.1. The Morgan fingerprint density at radius 2 is 1.82 bits per heavy atom. The molecule has 0 N–H and O–H groups in total. The third-order valence-corrected chi connectivity index (χ3v) is 0.920. The number of esters is 1. The van der Waals surface area contributed by atoms with Crippen LogP contribution in [0.2, 0.25) is 0 Å². The molecule has 0 saturated heterocycles. The standard InChI is InChI=1S/C7H14O3.CH4/c1-7(2,3)6(8)10-5-9-4;/h5H2,1-4H3;1H4. The van der Waals surface area contributed by atoms with Crippen LogP contribution in [0.1, 0.15) is 28.2 Å². The first-order chi connectivity index (χ1) is 4.48. The molecule has 0 fully saturated rings. The monoisotopic (exact) mass is 162 g/mol. The number of methoxy groups -OCH3 is 1. The van der Waals surface area contributed by atoms with Crippen LogP contribution in [-0.4, -0.2) is 19.9 Å². The molecule has 0 bridgehead atoms. The van der Waals surface area contributed by atoms with Crippen LogP contribution in [-0.2, 0) is 14.3 Å². The van der Waals surface area contributed by atoms with Crippen molar-refractivity contribution in [1.82, 2.24) is 0 Å².